The Morgan fingerprint density at radius 3 is 2.20 bits per heavy atom. The topological polar surface area (TPSA) is 52.7 Å². The Kier molecular flexibility index (Phi) is 4.08. The fourth-order valence-electron chi connectivity index (χ4n) is 2.08. The van der Waals surface area contributed by atoms with Gasteiger partial charge in [-0.3, -0.25) is 14.5 Å². The number of carbonyl (C=O) groups excluding carboxylic acids is 2. The number of hydrogen-bond acceptors (Lipinski definition) is 4. The number of carbonyl (C=O) groups is 2. The summed E-state index contributed by atoms with van der Waals surface area (Å²) in [5.41, 5.74) is 1.85. The van der Waals surface area contributed by atoms with E-state index in [2.05, 4.69) is 5.32 Å². The van der Waals surface area contributed by atoms with Gasteiger partial charge in [-0.05, 0) is 19.1 Å². The molecule has 1 aliphatic heterocycles. The van der Waals surface area contributed by atoms with Crippen LogP contribution in [0.15, 0.2) is 36.2 Å². The Bertz CT molecular complexity index is 529. The van der Waals surface area contributed by atoms with E-state index in [1.165, 1.54) is 4.90 Å². The Morgan fingerprint density at radius 2 is 1.75 bits per heavy atom. The molecule has 1 aliphatic rings. The van der Waals surface area contributed by atoms with Gasteiger partial charge in [-0.25, -0.2) is 0 Å². The molecule has 5 heteroatoms. The summed E-state index contributed by atoms with van der Waals surface area (Å²) in [5, 5.41) is 3.10. The fourth-order valence-corrected chi connectivity index (χ4v) is 2.08. The van der Waals surface area contributed by atoms with E-state index in [1.54, 1.807) is 24.3 Å². The van der Waals surface area contributed by atoms with Crippen LogP contribution >= 0.6 is 0 Å². The molecule has 0 bridgehead atoms. The standard InChI is InChI=1S/C15H19N3O2/c1-4-16-9-11(17(2)3)10-18-14(19)12-7-5-6-8-13(12)15(18)20/h5-9,16H,4,10H2,1-3H3/b11-9-. The Hall–Kier alpha value is -2.30. The molecule has 0 fully saturated rings. The summed E-state index contributed by atoms with van der Waals surface area (Å²) in [6.45, 7) is 3.05. The van der Waals surface area contributed by atoms with Crippen LogP contribution in [0.5, 0.6) is 0 Å². The maximum absolute atomic E-state index is 12.3. The zero-order valence-electron chi connectivity index (χ0n) is 12.0. The van der Waals surface area contributed by atoms with Crippen molar-refractivity contribution in [3.63, 3.8) is 0 Å². The van der Waals surface area contributed by atoms with Crippen molar-refractivity contribution >= 4 is 11.8 Å². The largest absolute Gasteiger partial charge is 0.390 e. The van der Waals surface area contributed by atoms with Crippen LogP contribution < -0.4 is 5.32 Å². The molecule has 0 aromatic heterocycles. The first kappa shape index (κ1) is 14.1. The van der Waals surface area contributed by atoms with Crippen molar-refractivity contribution < 1.29 is 9.59 Å². The molecule has 5 nitrogen and oxygen atoms in total. The molecule has 0 unspecified atom stereocenters. The average molecular weight is 273 g/mol. The van der Waals surface area contributed by atoms with Gasteiger partial charge in [0.05, 0.1) is 17.7 Å². The van der Waals surface area contributed by atoms with Gasteiger partial charge in [-0.15, -0.1) is 0 Å². The van der Waals surface area contributed by atoms with Gasteiger partial charge in [0.15, 0.2) is 0 Å². The summed E-state index contributed by atoms with van der Waals surface area (Å²) in [5.74, 6) is -0.454. The number of amides is 2. The molecule has 1 aromatic carbocycles. The molecule has 1 N–H and O–H groups in total. The van der Waals surface area contributed by atoms with Crippen molar-refractivity contribution in [1.29, 1.82) is 0 Å². The molecule has 0 radical (unpaired) electrons. The average Bonchev–Trinajstić information content (AvgIpc) is 2.68. The Morgan fingerprint density at radius 1 is 1.20 bits per heavy atom. The summed E-state index contributed by atoms with van der Waals surface area (Å²) in [7, 11) is 3.78. The third-order valence-corrected chi connectivity index (χ3v) is 3.25. The zero-order chi connectivity index (χ0) is 14.7. The third-order valence-electron chi connectivity index (χ3n) is 3.25. The second-order valence-electron chi connectivity index (χ2n) is 4.83. The maximum Gasteiger partial charge on any atom is 0.261 e. The number of rotatable bonds is 5. The number of hydrogen-bond donors (Lipinski definition) is 1. The molecule has 0 saturated carbocycles. The van der Waals surface area contributed by atoms with Crippen LogP contribution in [0, 0.1) is 0 Å². The van der Waals surface area contributed by atoms with E-state index in [4.69, 9.17) is 0 Å². The smallest absolute Gasteiger partial charge is 0.261 e. The van der Waals surface area contributed by atoms with Crippen LogP contribution in [0.4, 0.5) is 0 Å². The second kappa shape index (κ2) is 5.77. The quantitative estimate of drug-likeness (QED) is 0.822. The van der Waals surface area contributed by atoms with Crippen molar-refractivity contribution in [1.82, 2.24) is 15.1 Å². The van der Waals surface area contributed by atoms with E-state index in [1.807, 2.05) is 32.1 Å². The zero-order valence-corrected chi connectivity index (χ0v) is 12.0. The SMILES string of the molecule is CCN/C=C(/CN1C(=O)c2ccccc2C1=O)N(C)C. The van der Waals surface area contributed by atoms with E-state index >= 15 is 0 Å². The monoisotopic (exact) mass is 273 g/mol. The van der Waals surface area contributed by atoms with Crippen molar-refractivity contribution in [2.24, 2.45) is 0 Å². The molecule has 106 valence electrons. The minimum atomic E-state index is -0.227. The molecular formula is C15H19N3O2. The number of nitrogens with one attached hydrogen (secondary N) is 1. The lowest BCUT2D eigenvalue weighted by atomic mass is 10.1. The molecule has 0 saturated heterocycles. The minimum Gasteiger partial charge on any atom is -0.390 e. The molecule has 1 heterocycles. The van der Waals surface area contributed by atoms with Gasteiger partial charge in [0.25, 0.3) is 11.8 Å². The van der Waals surface area contributed by atoms with Gasteiger partial charge in [0.1, 0.15) is 0 Å². The number of likely N-dealkylation sites (N-methyl/N-ethyl adjacent to an activating group) is 1. The van der Waals surface area contributed by atoms with Crippen molar-refractivity contribution in [2.75, 3.05) is 27.2 Å². The first-order valence-corrected chi connectivity index (χ1v) is 6.61. The van der Waals surface area contributed by atoms with Crippen LogP contribution in [-0.4, -0.2) is 48.8 Å². The predicted octanol–water partition coefficient (Wildman–Crippen LogP) is 1.30. The van der Waals surface area contributed by atoms with Gasteiger partial charge in [0, 0.05) is 32.5 Å². The highest BCUT2D eigenvalue weighted by atomic mass is 16.2. The summed E-state index contributed by atoms with van der Waals surface area (Å²) >= 11 is 0. The van der Waals surface area contributed by atoms with Gasteiger partial charge in [0.2, 0.25) is 0 Å². The summed E-state index contributed by atoms with van der Waals surface area (Å²) in [6.07, 6.45) is 1.84. The molecule has 0 aliphatic carbocycles. The Balaban J connectivity index is 2.23. The van der Waals surface area contributed by atoms with E-state index in [9.17, 15) is 9.59 Å². The van der Waals surface area contributed by atoms with Crippen LogP contribution in [0.3, 0.4) is 0 Å². The van der Waals surface area contributed by atoms with E-state index in [-0.39, 0.29) is 18.4 Å². The van der Waals surface area contributed by atoms with E-state index in [0.29, 0.717) is 11.1 Å². The lowest BCUT2D eigenvalue weighted by Crippen LogP contribution is -2.35. The lowest BCUT2D eigenvalue weighted by molar-refractivity contribution is 0.0660. The summed E-state index contributed by atoms with van der Waals surface area (Å²) < 4.78 is 0. The predicted molar refractivity (Wildman–Crippen MR) is 77.3 cm³/mol. The van der Waals surface area contributed by atoms with Crippen LogP contribution in [0.2, 0.25) is 0 Å². The first-order valence-electron chi connectivity index (χ1n) is 6.61. The summed E-state index contributed by atoms with van der Waals surface area (Å²) in [6, 6.07) is 6.93. The molecule has 20 heavy (non-hydrogen) atoms. The fraction of sp³-hybridized carbons (Fsp3) is 0.333. The van der Waals surface area contributed by atoms with Crippen LogP contribution in [0.25, 0.3) is 0 Å². The van der Waals surface area contributed by atoms with Crippen molar-refractivity contribution in [3.8, 4) is 0 Å². The summed E-state index contributed by atoms with van der Waals surface area (Å²) in [4.78, 5) is 27.7. The van der Waals surface area contributed by atoms with Gasteiger partial charge in [-0.1, -0.05) is 12.1 Å². The van der Waals surface area contributed by atoms with Gasteiger partial charge < -0.3 is 10.2 Å². The van der Waals surface area contributed by atoms with Crippen molar-refractivity contribution in [3.05, 3.63) is 47.3 Å². The van der Waals surface area contributed by atoms with Crippen LogP contribution in [-0.2, 0) is 0 Å². The highest BCUT2D eigenvalue weighted by Crippen LogP contribution is 2.23. The van der Waals surface area contributed by atoms with E-state index < -0.39 is 0 Å². The molecule has 0 spiro atoms. The molecule has 2 amide bonds. The lowest BCUT2D eigenvalue weighted by Gasteiger charge is -2.22. The van der Waals surface area contributed by atoms with E-state index in [0.717, 1.165) is 12.2 Å². The van der Waals surface area contributed by atoms with Gasteiger partial charge in [-0.2, -0.15) is 0 Å². The number of benzene rings is 1. The second-order valence-corrected chi connectivity index (χ2v) is 4.83. The number of nitrogens with zero attached hydrogens (tertiary/aromatic N) is 2. The highest BCUT2D eigenvalue weighted by molar-refractivity contribution is 6.21. The van der Waals surface area contributed by atoms with Crippen molar-refractivity contribution in [2.45, 2.75) is 6.92 Å². The molecule has 2 rings (SSSR count). The normalized spacial score (nSPS) is 14.6. The highest BCUT2D eigenvalue weighted by Gasteiger charge is 2.35. The number of fused-ring (bicyclic) bond motifs is 1. The molecule has 0 atom stereocenters. The minimum absolute atomic E-state index is 0.227. The van der Waals surface area contributed by atoms with Crippen LogP contribution in [0.1, 0.15) is 27.6 Å². The number of imide groups is 1. The third kappa shape index (κ3) is 2.52. The maximum atomic E-state index is 12.3. The molecular weight excluding hydrogens is 254 g/mol. The Labute approximate surface area is 118 Å². The molecule has 1 aromatic rings. The van der Waals surface area contributed by atoms with Gasteiger partial charge >= 0.3 is 0 Å². The first-order chi connectivity index (χ1) is 9.56.